The molecule has 0 radical (unpaired) electrons. The number of carbonyl (C=O) groups is 1. The molecular weight excluding hydrogens is 248 g/mol. The third-order valence-electron chi connectivity index (χ3n) is 3.14. The normalized spacial score (nSPS) is 15.0. The Morgan fingerprint density at radius 2 is 2.21 bits per heavy atom. The molecule has 1 aliphatic heterocycles. The molecule has 100 valence electrons. The molecule has 0 atom stereocenters. The predicted molar refractivity (Wildman–Crippen MR) is 69.0 cm³/mol. The summed E-state index contributed by atoms with van der Waals surface area (Å²) < 4.78 is 0. The fraction of sp³-hybridized carbons (Fsp3) is 0.308. The van der Waals surface area contributed by atoms with Crippen molar-refractivity contribution < 1.29 is 14.8 Å². The summed E-state index contributed by atoms with van der Waals surface area (Å²) in [6, 6.07) is 3.66. The highest BCUT2D eigenvalue weighted by atomic mass is 16.6. The lowest BCUT2D eigenvalue weighted by Crippen LogP contribution is -2.34. The second-order valence-corrected chi connectivity index (χ2v) is 4.51. The average Bonchev–Trinajstić information content (AvgIpc) is 2.38. The number of hydrogen-bond acceptors (Lipinski definition) is 4. The molecule has 1 aliphatic rings. The summed E-state index contributed by atoms with van der Waals surface area (Å²) in [5, 5.41) is 20.1. The highest BCUT2D eigenvalue weighted by molar-refractivity contribution is 5.95. The van der Waals surface area contributed by atoms with Crippen LogP contribution < -0.4 is 0 Å². The maximum Gasteiger partial charge on any atom is 0.310 e. The molecule has 1 aromatic carbocycles. The third-order valence-corrected chi connectivity index (χ3v) is 3.14. The van der Waals surface area contributed by atoms with Gasteiger partial charge in [-0.2, -0.15) is 0 Å². The van der Waals surface area contributed by atoms with Crippen LogP contribution in [0.15, 0.2) is 29.8 Å². The first-order valence-corrected chi connectivity index (χ1v) is 5.91. The molecule has 19 heavy (non-hydrogen) atoms. The first-order chi connectivity index (χ1) is 8.99. The number of benzene rings is 1. The van der Waals surface area contributed by atoms with Crippen molar-refractivity contribution in [3.05, 3.63) is 45.5 Å². The van der Waals surface area contributed by atoms with Gasteiger partial charge in [0, 0.05) is 24.7 Å². The minimum atomic E-state index is -0.684. The van der Waals surface area contributed by atoms with Gasteiger partial charge in [-0.15, -0.1) is 0 Å². The Bertz CT molecular complexity index is 566. The first kappa shape index (κ1) is 13.1. The van der Waals surface area contributed by atoms with E-state index in [0.717, 1.165) is 18.6 Å². The smallest absolute Gasteiger partial charge is 0.310 e. The number of nitro groups is 1. The summed E-state index contributed by atoms with van der Waals surface area (Å²) >= 11 is 0. The Labute approximate surface area is 110 Å². The molecule has 1 amide bonds. The lowest BCUT2D eigenvalue weighted by molar-refractivity contribution is -0.385. The van der Waals surface area contributed by atoms with Crippen molar-refractivity contribution in [2.24, 2.45) is 0 Å². The van der Waals surface area contributed by atoms with E-state index in [1.165, 1.54) is 11.6 Å². The Balaban J connectivity index is 2.21. The van der Waals surface area contributed by atoms with Gasteiger partial charge < -0.3 is 10.0 Å². The Kier molecular flexibility index (Phi) is 3.50. The van der Waals surface area contributed by atoms with Crippen molar-refractivity contribution in [2.45, 2.75) is 13.3 Å². The topological polar surface area (TPSA) is 83.7 Å². The van der Waals surface area contributed by atoms with Crippen LogP contribution in [0, 0.1) is 10.1 Å². The molecule has 0 spiro atoms. The average molecular weight is 262 g/mol. The van der Waals surface area contributed by atoms with E-state index < -0.39 is 16.4 Å². The van der Waals surface area contributed by atoms with E-state index in [1.807, 2.05) is 13.0 Å². The third kappa shape index (κ3) is 2.73. The Morgan fingerprint density at radius 3 is 2.74 bits per heavy atom. The lowest BCUT2D eigenvalue weighted by atomic mass is 10.1. The van der Waals surface area contributed by atoms with Gasteiger partial charge in [0.15, 0.2) is 5.75 Å². The monoisotopic (exact) mass is 262 g/mol. The molecule has 0 saturated carbocycles. The standard InChI is InChI=1S/C13H14N2O4/c1-9-4-6-14(7-5-9)13(17)10-2-3-11(15(18)19)12(16)8-10/h2-4,8,16H,5-7H2,1H3. The van der Waals surface area contributed by atoms with Gasteiger partial charge in [0.25, 0.3) is 5.91 Å². The predicted octanol–water partition coefficient (Wildman–Crippen LogP) is 2.09. The number of hydrogen-bond donors (Lipinski definition) is 1. The van der Waals surface area contributed by atoms with E-state index in [9.17, 15) is 20.0 Å². The fourth-order valence-electron chi connectivity index (χ4n) is 1.95. The Morgan fingerprint density at radius 1 is 1.47 bits per heavy atom. The lowest BCUT2D eigenvalue weighted by Gasteiger charge is -2.25. The van der Waals surface area contributed by atoms with Crippen LogP contribution in [-0.4, -0.2) is 33.9 Å². The molecule has 6 heteroatoms. The molecule has 1 N–H and O–H groups in total. The van der Waals surface area contributed by atoms with Crippen LogP contribution in [0.1, 0.15) is 23.7 Å². The zero-order valence-corrected chi connectivity index (χ0v) is 10.5. The quantitative estimate of drug-likeness (QED) is 0.502. The van der Waals surface area contributed by atoms with Gasteiger partial charge in [0.1, 0.15) is 0 Å². The van der Waals surface area contributed by atoms with E-state index >= 15 is 0 Å². The van der Waals surface area contributed by atoms with E-state index in [1.54, 1.807) is 4.90 Å². The SMILES string of the molecule is CC1=CCN(C(=O)c2ccc([N+](=O)[O-])c(O)c2)CC1. The van der Waals surface area contributed by atoms with Crippen molar-refractivity contribution in [3.8, 4) is 5.75 Å². The maximum atomic E-state index is 12.2. The number of carbonyl (C=O) groups excluding carboxylic acids is 1. The minimum absolute atomic E-state index is 0.228. The number of amides is 1. The molecule has 0 aliphatic carbocycles. The van der Waals surface area contributed by atoms with Crippen molar-refractivity contribution in [2.75, 3.05) is 13.1 Å². The number of nitro benzene ring substituents is 1. The molecular formula is C13H14N2O4. The number of phenolic OH excluding ortho intramolecular Hbond substituents is 1. The summed E-state index contributed by atoms with van der Waals surface area (Å²) in [6.45, 7) is 3.17. The van der Waals surface area contributed by atoms with Crippen molar-refractivity contribution in [1.82, 2.24) is 4.90 Å². The van der Waals surface area contributed by atoms with Gasteiger partial charge >= 0.3 is 5.69 Å². The zero-order chi connectivity index (χ0) is 14.0. The Hall–Kier alpha value is -2.37. The minimum Gasteiger partial charge on any atom is -0.502 e. The largest absolute Gasteiger partial charge is 0.502 e. The van der Waals surface area contributed by atoms with E-state index in [0.29, 0.717) is 13.1 Å². The van der Waals surface area contributed by atoms with Gasteiger partial charge in [-0.05, 0) is 25.5 Å². The van der Waals surface area contributed by atoms with Crippen LogP contribution in [0.4, 0.5) is 5.69 Å². The molecule has 1 aromatic rings. The number of nitrogens with zero attached hydrogens (tertiary/aromatic N) is 2. The second kappa shape index (κ2) is 5.09. The summed E-state index contributed by atoms with van der Waals surface area (Å²) in [5.41, 5.74) is 1.11. The van der Waals surface area contributed by atoms with E-state index in [4.69, 9.17) is 0 Å². The summed E-state index contributed by atoms with van der Waals surface area (Å²) in [5.74, 6) is -0.714. The van der Waals surface area contributed by atoms with Crippen LogP contribution in [-0.2, 0) is 0 Å². The van der Waals surface area contributed by atoms with Crippen molar-refractivity contribution in [1.29, 1.82) is 0 Å². The van der Waals surface area contributed by atoms with Crippen LogP contribution in [0.5, 0.6) is 5.75 Å². The highest BCUT2D eigenvalue weighted by Gasteiger charge is 2.21. The van der Waals surface area contributed by atoms with Gasteiger partial charge in [-0.1, -0.05) is 11.6 Å². The maximum absolute atomic E-state index is 12.2. The van der Waals surface area contributed by atoms with Gasteiger partial charge in [-0.3, -0.25) is 14.9 Å². The molecule has 0 saturated heterocycles. The van der Waals surface area contributed by atoms with Crippen molar-refractivity contribution in [3.63, 3.8) is 0 Å². The summed E-state index contributed by atoms with van der Waals surface area (Å²) in [7, 11) is 0. The molecule has 1 heterocycles. The van der Waals surface area contributed by atoms with Gasteiger partial charge in [0.05, 0.1) is 4.92 Å². The van der Waals surface area contributed by atoms with Gasteiger partial charge in [0.2, 0.25) is 0 Å². The zero-order valence-electron chi connectivity index (χ0n) is 10.5. The first-order valence-electron chi connectivity index (χ1n) is 5.91. The summed E-state index contributed by atoms with van der Waals surface area (Å²) in [6.07, 6.45) is 2.80. The molecule has 6 nitrogen and oxygen atoms in total. The second-order valence-electron chi connectivity index (χ2n) is 4.51. The van der Waals surface area contributed by atoms with E-state index in [2.05, 4.69) is 0 Å². The van der Waals surface area contributed by atoms with Crippen LogP contribution in [0.25, 0.3) is 0 Å². The molecule has 0 bridgehead atoms. The number of aromatic hydroxyl groups is 1. The van der Waals surface area contributed by atoms with Crippen LogP contribution in [0.3, 0.4) is 0 Å². The van der Waals surface area contributed by atoms with E-state index in [-0.39, 0.29) is 11.5 Å². The summed E-state index contributed by atoms with van der Waals surface area (Å²) in [4.78, 5) is 23.7. The fourth-order valence-corrected chi connectivity index (χ4v) is 1.95. The molecule has 2 rings (SSSR count). The number of phenols is 1. The molecule has 0 unspecified atom stereocenters. The van der Waals surface area contributed by atoms with Crippen molar-refractivity contribution >= 4 is 11.6 Å². The van der Waals surface area contributed by atoms with Crippen LogP contribution in [0.2, 0.25) is 0 Å². The highest BCUT2D eigenvalue weighted by Crippen LogP contribution is 2.27. The van der Waals surface area contributed by atoms with Gasteiger partial charge in [-0.25, -0.2) is 0 Å². The molecule has 0 fully saturated rings. The van der Waals surface area contributed by atoms with Crippen LogP contribution >= 0.6 is 0 Å². The molecule has 0 aromatic heterocycles. The number of rotatable bonds is 2.